The number of benzene rings is 1. The molecule has 0 saturated heterocycles. The van der Waals surface area contributed by atoms with Gasteiger partial charge in [0.15, 0.2) is 0 Å². The van der Waals surface area contributed by atoms with Gasteiger partial charge in [0.1, 0.15) is 0 Å². The molecule has 0 unspecified atom stereocenters. The van der Waals surface area contributed by atoms with Crippen LogP contribution in [0, 0.1) is 0 Å². The van der Waals surface area contributed by atoms with Crippen molar-refractivity contribution in [3.63, 3.8) is 0 Å². The van der Waals surface area contributed by atoms with Gasteiger partial charge in [0, 0.05) is 22.4 Å². The Morgan fingerprint density at radius 3 is 2.61 bits per heavy atom. The van der Waals surface area contributed by atoms with Gasteiger partial charge in [-0.3, -0.25) is 0 Å². The predicted octanol–water partition coefficient (Wildman–Crippen LogP) is 3.02. The van der Waals surface area contributed by atoms with Crippen molar-refractivity contribution < 1.29 is 23.1 Å². The first kappa shape index (κ1) is 14.4. The van der Waals surface area contributed by atoms with Crippen molar-refractivity contribution in [2.75, 3.05) is 11.5 Å². The first-order valence-corrected chi connectivity index (χ1v) is 5.78. The summed E-state index contributed by atoms with van der Waals surface area (Å²) in [6.45, 7) is 0. The van der Waals surface area contributed by atoms with Crippen LogP contribution in [0.1, 0.15) is 5.56 Å². The van der Waals surface area contributed by atoms with Crippen LogP contribution in [0.25, 0.3) is 0 Å². The molecule has 0 aliphatic rings. The van der Waals surface area contributed by atoms with Crippen LogP contribution in [0.15, 0.2) is 35.2 Å². The summed E-state index contributed by atoms with van der Waals surface area (Å²) in [4.78, 5) is 10.7. The maximum absolute atomic E-state index is 12.4. The number of nitrogen functional groups attached to an aromatic ring is 1. The molecule has 1 rings (SSSR count). The Kier molecular flexibility index (Phi) is 4.66. The SMILES string of the molecule is Nc1cc(C(F)(F)F)ccc1SCC=CC(=O)O. The van der Waals surface area contributed by atoms with Gasteiger partial charge in [0.2, 0.25) is 0 Å². The van der Waals surface area contributed by atoms with Crippen molar-refractivity contribution in [1.82, 2.24) is 0 Å². The van der Waals surface area contributed by atoms with Gasteiger partial charge in [0.25, 0.3) is 0 Å². The molecule has 3 nitrogen and oxygen atoms in total. The third-order valence-corrected chi connectivity index (χ3v) is 2.97. The molecular formula is C11H10F3NO2S. The van der Waals surface area contributed by atoms with E-state index in [4.69, 9.17) is 10.8 Å². The molecule has 0 heterocycles. The zero-order valence-electron chi connectivity index (χ0n) is 9.07. The van der Waals surface area contributed by atoms with E-state index in [2.05, 4.69) is 0 Å². The summed E-state index contributed by atoms with van der Waals surface area (Å²) in [6.07, 6.45) is -2.06. The molecule has 0 atom stereocenters. The number of carboxylic acids is 1. The summed E-state index contributed by atoms with van der Waals surface area (Å²) in [7, 11) is 0. The van der Waals surface area contributed by atoms with Crippen LogP contribution in [0.3, 0.4) is 0 Å². The van der Waals surface area contributed by atoms with Crippen LogP contribution in [0.2, 0.25) is 0 Å². The summed E-state index contributed by atoms with van der Waals surface area (Å²) in [5.41, 5.74) is 4.72. The van der Waals surface area contributed by atoms with E-state index in [9.17, 15) is 18.0 Å². The number of aliphatic carboxylic acids is 1. The number of carbonyl (C=O) groups is 1. The van der Waals surface area contributed by atoms with Crippen LogP contribution in [0.4, 0.5) is 18.9 Å². The monoisotopic (exact) mass is 277 g/mol. The number of alkyl halides is 3. The van der Waals surface area contributed by atoms with Crippen molar-refractivity contribution in [3.05, 3.63) is 35.9 Å². The largest absolute Gasteiger partial charge is 0.478 e. The smallest absolute Gasteiger partial charge is 0.416 e. The molecule has 0 aromatic heterocycles. The molecule has 0 radical (unpaired) electrons. The fourth-order valence-electron chi connectivity index (χ4n) is 1.14. The van der Waals surface area contributed by atoms with E-state index < -0.39 is 17.7 Å². The normalized spacial score (nSPS) is 11.9. The van der Waals surface area contributed by atoms with E-state index in [0.29, 0.717) is 10.6 Å². The predicted molar refractivity (Wildman–Crippen MR) is 63.4 cm³/mol. The van der Waals surface area contributed by atoms with Gasteiger partial charge >= 0.3 is 12.1 Å². The van der Waals surface area contributed by atoms with E-state index in [-0.39, 0.29) is 5.69 Å². The number of hydrogen-bond acceptors (Lipinski definition) is 3. The highest BCUT2D eigenvalue weighted by Gasteiger charge is 2.30. The second-order valence-electron chi connectivity index (χ2n) is 3.30. The Hall–Kier alpha value is -1.63. The molecule has 18 heavy (non-hydrogen) atoms. The third kappa shape index (κ3) is 4.33. The minimum Gasteiger partial charge on any atom is -0.478 e. The Labute approximate surface area is 105 Å². The maximum Gasteiger partial charge on any atom is 0.416 e. The Morgan fingerprint density at radius 2 is 2.11 bits per heavy atom. The molecule has 0 aliphatic carbocycles. The lowest BCUT2D eigenvalue weighted by Gasteiger charge is -2.09. The molecule has 1 aromatic carbocycles. The second kappa shape index (κ2) is 5.81. The number of halogens is 3. The van der Waals surface area contributed by atoms with Crippen molar-refractivity contribution >= 4 is 23.4 Å². The van der Waals surface area contributed by atoms with Gasteiger partial charge in [-0.05, 0) is 18.2 Å². The average Bonchev–Trinajstić information content (AvgIpc) is 2.24. The number of rotatable bonds is 4. The Morgan fingerprint density at radius 1 is 1.44 bits per heavy atom. The van der Waals surface area contributed by atoms with E-state index in [0.717, 1.165) is 18.2 Å². The quantitative estimate of drug-likeness (QED) is 0.504. The molecule has 7 heteroatoms. The first-order valence-electron chi connectivity index (χ1n) is 4.79. The molecule has 0 amide bonds. The summed E-state index contributed by atoms with van der Waals surface area (Å²) < 4.78 is 37.1. The standard InChI is InChI=1S/C11H10F3NO2S/c12-11(13,14)7-3-4-9(8(15)6-7)18-5-1-2-10(16)17/h1-4,6H,5,15H2,(H,16,17). The number of anilines is 1. The van der Waals surface area contributed by atoms with Gasteiger partial charge < -0.3 is 10.8 Å². The molecule has 0 saturated carbocycles. The van der Waals surface area contributed by atoms with Crippen molar-refractivity contribution in [1.29, 1.82) is 0 Å². The van der Waals surface area contributed by atoms with Crippen LogP contribution in [0.5, 0.6) is 0 Å². The maximum atomic E-state index is 12.4. The van der Waals surface area contributed by atoms with Gasteiger partial charge in [-0.25, -0.2) is 4.79 Å². The minimum atomic E-state index is -4.42. The number of hydrogen-bond donors (Lipinski definition) is 2. The highest BCUT2D eigenvalue weighted by molar-refractivity contribution is 7.99. The van der Waals surface area contributed by atoms with Gasteiger partial charge in [-0.15, -0.1) is 11.8 Å². The van der Waals surface area contributed by atoms with Crippen LogP contribution >= 0.6 is 11.8 Å². The lowest BCUT2D eigenvalue weighted by atomic mass is 10.2. The summed E-state index contributed by atoms with van der Waals surface area (Å²) >= 11 is 1.17. The average molecular weight is 277 g/mol. The van der Waals surface area contributed by atoms with Crippen LogP contribution < -0.4 is 5.73 Å². The van der Waals surface area contributed by atoms with E-state index in [1.807, 2.05) is 0 Å². The lowest BCUT2D eigenvalue weighted by Crippen LogP contribution is -2.05. The van der Waals surface area contributed by atoms with Crippen molar-refractivity contribution in [2.45, 2.75) is 11.1 Å². The molecule has 0 spiro atoms. The van der Waals surface area contributed by atoms with Gasteiger partial charge in [0.05, 0.1) is 5.56 Å². The number of carboxylic acid groups (broad SMARTS) is 1. The van der Waals surface area contributed by atoms with Crippen LogP contribution in [-0.4, -0.2) is 16.8 Å². The highest BCUT2D eigenvalue weighted by Crippen LogP contribution is 2.34. The summed E-state index contributed by atoms with van der Waals surface area (Å²) in [6, 6.07) is 3.08. The fraction of sp³-hybridized carbons (Fsp3) is 0.182. The van der Waals surface area contributed by atoms with Crippen molar-refractivity contribution in [2.24, 2.45) is 0 Å². The van der Waals surface area contributed by atoms with E-state index in [1.54, 1.807) is 0 Å². The molecular weight excluding hydrogens is 267 g/mol. The number of thioether (sulfide) groups is 1. The van der Waals surface area contributed by atoms with Crippen LogP contribution in [-0.2, 0) is 11.0 Å². The molecule has 3 N–H and O–H groups in total. The molecule has 1 aromatic rings. The van der Waals surface area contributed by atoms with Crippen molar-refractivity contribution in [3.8, 4) is 0 Å². The summed E-state index contributed by atoms with van der Waals surface area (Å²) in [5.74, 6) is -0.752. The molecule has 0 bridgehead atoms. The van der Waals surface area contributed by atoms with Gasteiger partial charge in [-0.1, -0.05) is 6.08 Å². The molecule has 98 valence electrons. The molecule has 0 aliphatic heterocycles. The topological polar surface area (TPSA) is 63.3 Å². The third-order valence-electron chi connectivity index (χ3n) is 1.93. The molecule has 0 fully saturated rings. The fourth-order valence-corrected chi connectivity index (χ4v) is 1.90. The first-order chi connectivity index (χ1) is 8.30. The minimum absolute atomic E-state index is 0.0264. The summed E-state index contributed by atoms with van der Waals surface area (Å²) in [5, 5.41) is 8.35. The lowest BCUT2D eigenvalue weighted by molar-refractivity contribution is -0.137. The zero-order valence-corrected chi connectivity index (χ0v) is 9.89. The highest BCUT2D eigenvalue weighted by atomic mass is 32.2. The van der Waals surface area contributed by atoms with E-state index >= 15 is 0 Å². The second-order valence-corrected chi connectivity index (χ2v) is 4.36. The van der Waals surface area contributed by atoms with E-state index in [1.165, 1.54) is 23.9 Å². The Bertz CT molecular complexity index is 472. The van der Waals surface area contributed by atoms with Gasteiger partial charge in [-0.2, -0.15) is 13.2 Å². The zero-order chi connectivity index (χ0) is 13.8. The number of nitrogens with two attached hydrogens (primary N) is 1. The Balaban J connectivity index is 2.72.